The Morgan fingerprint density at radius 2 is 1.94 bits per heavy atom. The predicted molar refractivity (Wildman–Crippen MR) is 78.7 cm³/mol. The molecule has 1 aromatic rings. The van der Waals surface area contributed by atoms with E-state index in [1.165, 1.54) is 19.3 Å². The van der Waals surface area contributed by atoms with Crippen LogP contribution in [-0.2, 0) is 0 Å². The van der Waals surface area contributed by atoms with Crippen LogP contribution in [0.3, 0.4) is 0 Å². The first-order valence-electron chi connectivity index (χ1n) is 5.67. The van der Waals surface area contributed by atoms with Crippen molar-refractivity contribution in [2.24, 2.45) is 0 Å². The summed E-state index contributed by atoms with van der Waals surface area (Å²) in [4.78, 5) is 5.93. The average molecular weight is 315 g/mol. The SMILES string of the molecule is C[N+](C)=c1ccc2nc3ccc([As])cc3sc-2c1. The van der Waals surface area contributed by atoms with Crippen LogP contribution in [0.2, 0.25) is 0 Å². The van der Waals surface area contributed by atoms with E-state index in [9.17, 15) is 0 Å². The molecule has 2 nitrogen and oxygen atoms in total. The number of aromatic nitrogens is 1. The summed E-state index contributed by atoms with van der Waals surface area (Å²) in [6.45, 7) is 0. The van der Waals surface area contributed by atoms with E-state index in [1.54, 1.807) is 11.3 Å². The summed E-state index contributed by atoms with van der Waals surface area (Å²) in [7, 11) is 4.11. The van der Waals surface area contributed by atoms with Crippen LogP contribution in [0.5, 0.6) is 0 Å². The van der Waals surface area contributed by atoms with Crippen LogP contribution in [0.1, 0.15) is 0 Å². The van der Waals surface area contributed by atoms with Gasteiger partial charge in [0.05, 0.1) is 0 Å². The van der Waals surface area contributed by atoms with Crippen molar-refractivity contribution in [1.82, 2.24) is 9.56 Å². The van der Waals surface area contributed by atoms with Gasteiger partial charge >= 0.3 is 119 Å². The molecular weight excluding hydrogens is 303 g/mol. The standard InChI is InChI=1S/C14H12AsN2S/c1-17(2)10-4-6-12-14(8-10)18-13-7-9(15)3-5-11(13)16-12/h3-8H,1-2H3/q+1. The van der Waals surface area contributed by atoms with E-state index in [-0.39, 0.29) is 0 Å². The van der Waals surface area contributed by atoms with Crippen molar-refractivity contribution in [3.05, 3.63) is 41.8 Å². The topological polar surface area (TPSA) is 15.9 Å². The fourth-order valence-corrected chi connectivity index (χ4v) is 3.54. The maximum atomic E-state index is 4.70. The number of nitrogens with zero attached hydrogens (tertiary/aromatic N) is 2. The first-order valence-corrected chi connectivity index (χ1v) is 7.43. The summed E-state index contributed by atoms with van der Waals surface area (Å²) in [5.74, 6) is 0. The van der Waals surface area contributed by atoms with Crippen molar-refractivity contribution in [2.75, 3.05) is 14.1 Å². The molecule has 0 saturated heterocycles. The Kier molecular flexibility index (Phi) is 2.96. The molecule has 18 heavy (non-hydrogen) atoms. The maximum absolute atomic E-state index is 4.70. The molecule has 0 spiro atoms. The molecule has 0 bridgehead atoms. The van der Waals surface area contributed by atoms with Gasteiger partial charge in [-0.3, -0.25) is 0 Å². The Morgan fingerprint density at radius 1 is 1.11 bits per heavy atom. The van der Waals surface area contributed by atoms with E-state index >= 15 is 0 Å². The van der Waals surface area contributed by atoms with E-state index in [4.69, 9.17) is 4.98 Å². The number of fused-ring (bicyclic) bond motifs is 2. The molecule has 1 aromatic carbocycles. The fourth-order valence-electron chi connectivity index (χ4n) is 1.88. The van der Waals surface area contributed by atoms with Gasteiger partial charge in [-0.1, -0.05) is 0 Å². The molecular formula is C14H12AsN2S+. The Labute approximate surface area is 118 Å². The van der Waals surface area contributed by atoms with Gasteiger partial charge in [0.25, 0.3) is 0 Å². The number of hydrogen-bond donors (Lipinski definition) is 0. The van der Waals surface area contributed by atoms with Crippen molar-refractivity contribution in [3.63, 3.8) is 0 Å². The summed E-state index contributed by atoms with van der Waals surface area (Å²) in [5.41, 5.74) is 2.14. The first-order chi connectivity index (χ1) is 8.63. The van der Waals surface area contributed by atoms with E-state index < -0.39 is 0 Å². The van der Waals surface area contributed by atoms with Crippen molar-refractivity contribution in [1.29, 1.82) is 0 Å². The van der Waals surface area contributed by atoms with Crippen LogP contribution in [0.25, 0.3) is 20.8 Å². The molecule has 0 N–H and O–H groups in total. The summed E-state index contributed by atoms with van der Waals surface area (Å²) >= 11 is 4.38. The van der Waals surface area contributed by atoms with Crippen LogP contribution in [-0.4, -0.2) is 35.9 Å². The Morgan fingerprint density at radius 3 is 2.72 bits per heavy atom. The van der Waals surface area contributed by atoms with E-state index in [0.717, 1.165) is 11.2 Å². The summed E-state index contributed by atoms with van der Waals surface area (Å²) in [6.07, 6.45) is 0. The summed E-state index contributed by atoms with van der Waals surface area (Å²) in [5, 5.41) is 1.21. The second kappa shape index (κ2) is 4.49. The zero-order chi connectivity index (χ0) is 12.7. The molecule has 4 heteroatoms. The molecule has 0 saturated carbocycles. The van der Waals surface area contributed by atoms with Crippen molar-refractivity contribution < 1.29 is 0 Å². The van der Waals surface area contributed by atoms with Gasteiger partial charge < -0.3 is 0 Å². The van der Waals surface area contributed by atoms with Crippen LogP contribution < -0.4 is 14.3 Å². The molecule has 0 unspecified atom stereocenters. The van der Waals surface area contributed by atoms with Crippen molar-refractivity contribution in [2.45, 2.75) is 0 Å². The number of benzene rings is 2. The van der Waals surface area contributed by atoms with Gasteiger partial charge in [-0.05, 0) is 0 Å². The quantitative estimate of drug-likeness (QED) is 0.346. The normalized spacial score (nSPS) is 11.1. The molecule has 88 valence electrons. The van der Waals surface area contributed by atoms with Gasteiger partial charge in [0.2, 0.25) is 0 Å². The fraction of sp³-hybridized carbons (Fsp3) is 0.143. The Bertz CT molecular complexity index is 772. The minimum absolute atomic E-state index is 1.07. The molecule has 2 radical (unpaired) electrons. The van der Waals surface area contributed by atoms with E-state index in [2.05, 4.69) is 71.9 Å². The molecule has 1 aliphatic carbocycles. The van der Waals surface area contributed by atoms with Gasteiger partial charge in [0.15, 0.2) is 0 Å². The van der Waals surface area contributed by atoms with E-state index in [1.807, 2.05) is 0 Å². The van der Waals surface area contributed by atoms with Crippen molar-refractivity contribution >= 4 is 42.8 Å². The van der Waals surface area contributed by atoms with Gasteiger partial charge in [-0.25, -0.2) is 0 Å². The third kappa shape index (κ3) is 2.09. The van der Waals surface area contributed by atoms with Gasteiger partial charge in [-0.2, -0.15) is 0 Å². The van der Waals surface area contributed by atoms with Gasteiger partial charge in [0.1, 0.15) is 0 Å². The molecule has 0 fully saturated rings. The number of hydrogen-bond acceptors (Lipinski definition) is 2. The second-order valence-electron chi connectivity index (χ2n) is 4.41. The molecule has 2 aliphatic rings. The monoisotopic (exact) mass is 315 g/mol. The molecule has 0 atom stereocenters. The third-order valence-corrected chi connectivity index (χ3v) is 4.54. The summed E-state index contributed by atoms with van der Waals surface area (Å²) in [6, 6.07) is 12.7. The zero-order valence-corrected chi connectivity index (χ0v) is 12.9. The molecule has 3 rings (SSSR count). The Balaban J connectivity index is 2.40. The van der Waals surface area contributed by atoms with Crippen LogP contribution in [0, 0.1) is 0 Å². The molecule has 0 aromatic heterocycles. The minimum atomic E-state index is 1.07. The Hall–Kier alpha value is -1.18. The summed E-state index contributed by atoms with van der Waals surface area (Å²) < 4.78 is 4.57. The molecule has 1 aliphatic heterocycles. The molecule has 1 heterocycles. The zero-order valence-electron chi connectivity index (χ0n) is 10.2. The first kappa shape index (κ1) is 11.9. The van der Waals surface area contributed by atoms with Gasteiger partial charge in [0, 0.05) is 0 Å². The average Bonchev–Trinajstić information content (AvgIpc) is 2.35. The van der Waals surface area contributed by atoms with E-state index in [0.29, 0.717) is 0 Å². The van der Waals surface area contributed by atoms with Gasteiger partial charge in [-0.15, -0.1) is 0 Å². The molecule has 0 amide bonds. The van der Waals surface area contributed by atoms with Crippen molar-refractivity contribution in [3.8, 4) is 10.6 Å². The number of rotatable bonds is 0. The predicted octanol–water partition coefficient (Wildman–Crippen LogP) is 1.23. The van der Waals surface area contributed by atoms with Crippen LogP contribution in [0.15, 0.2) is 36.4 Å². The third-order valence-electron chi connectivity index (χ3n) is 2.86. The second-order valence-corrected chi connectivity index (χ2v) is 6.58. The van der Waals surface area contributed by atoms with Crippen LogP contribution >= 0.6 is 11.3 Å². The van der Waals surface area contributed by atoms with Crippen LogP contribution in [0.4, 0.5) is 0 Å².